The molecule has 1 rings (SSSR count). The standard InChI is InChI=1S/C12H20N2O/c1-3-7-15-12-8-11(9-14-10-12)5-4-6-13-2/h8-10,13H,3-7H2,1-2H3. The van der Waals surface area contributed by atoms with Gasteiger partial charge in [0, 0.05) is 6.20 Å². The van der Waals surface area contributed by atoms with Crippen molar-refractivity contribution in [2.24, 2.45) is 0 Å². The molecule has 3 nitrogen and oxygen atoms in total. The second-order valence-electron chi connectivity index (χ2n) is 3.58. The van der Waals surface area contributed by atoms with Crippen LogP contribution in [-0.2, 0) is 6.42 Å². The third-order valence-corrected chi connectivity index (χ3v) is 2.13. The third kappa shape index (κ3) is 4.79. The molecule has 3 heteroatoms. The SMILES string of the molecule is CCCOc1cncc(CCCNC)c1. The lowest BCUT2D eigenvalue weighted by Gasteiger charge is -2.06. The quantitative estimate of drug-likeness (QED) is 0.696. The minimum absolute atomic E-state index is 0.766. The molecule has 1 N–H and O–H groups in total. The molecular formula is C12H20N2O. The van der Waals surface area contributed by atoms with Crippen LogP contribution >= 0.6 is 0 Å². The van der Waals surface area contributed by atoms with Gasteiger partial charge in [0.1, 0.15) is 5.75 Å². The minimum Gasteiger partial charge on any atom is -0.492 e. The summed E-state index contributed by atoms with van der Waals surface area (Å²) in [5, 5.41) is 3.14. The van der Waals surface area contributed by atoms with Gasteiger partial charge >= 0.3 is 0 Å². The van der Waals surface area contributed by atoms with Crippen molar-refractivity contribution in [2.45, 2.75) is 26.2 Å². The number of nitrogens with one attached hydrogen (secondary N) is 1. The molecule has 0 saturated carbocycles. The zero-order valence-corrected chi connectivity index (χ0v) is 9.62. The fourth-order valence-corrected chi connectivity index (χ4v) is 1.37. The predicted octanol–water partition coefficient (Wildman–Crippen LogP) is 2.02. The summed E-state index contributed by atoms with van der Waals surface area (Å²) in [4.78, 5) is 4.17. The van der Waals surface area contributed by atoms with E-state index < -0.39 is 0 Å². The summed E-state index contributed by atoms with van der Waals surface area (Å²) in [5.41, 5.74) is 1.25. The van der Waals surface area contributed by atoms with Crippen LogP contribution in [-0.4, -0.2) is 25.2 Å². The van der Waals surface area contributed by atoms with Crippen molar-refractivity contribution in [1.29, 1.82) is 0 Å². The van der Waals surface area contributed by atoms with E-state index in [1.54, 1.807) is 6.20 Å². The lowest BCUT2D eigenvalue weighted by Crippen LogP contribution is -2.08. The Morgan fingerprint density at radius 1 is 1.40 bits per heavy atom. The number of pyridine rings is 1. The molecule has 0 aromatic carbocycles. The second-order valence-corrected chi connectivity index (χ2v) is 3.58. The van der Waals surface area contributed by atoms with E-state index in [4.69, 9.17) is 4.74 Å². The lowest BCUT2D eigenvalue weighted by atomic mass is 10.1. The highest BCUT2D eigenvalue weighted by Gasteiger charge is 1.97. The van der Waals surface area contributed by atoms with Gasteiger partial charge in [0.25, 0.3) is 0 Å². The summed E-state index contributed by atoms with van der Waals surface area (Å²) >= 11 is 0. The molecule has 0 aliphatic carbocycles. The molecule has 0 fully saturated rings. The monoisotopic (exact) mass is 208 g/mol. The highest BCUT2D eigenvalue weighted by atomic mass is 16.5. The van der Waals surface area contributed by atoms with Crippen molar-refractivity contribution in [2.75, 3.05) is 20.2 Å². The Balaban J connectivity index is 2.42. The first kappa shape index (κ1) is 12.0. The van der Waals surface area contributed by atoms with Crippen molar-refractivity contribution < 1.29 is 4.74 Å². The number of rotatable bonds is 7. The summed E-state index contributed by atoms with van der Waals surface area (Å²) in [6.45, 7) is 3.91. The zero-order chi connectivity index (χ0) is 10.9. The normalized spacial score (nSPS) is 10.3. The highest BCUT2D eigenvalue weighted by Crippen LogP contribution is 2.12. The van der Waals surface area contributed by atoms with Gasteiger partial charge in [-0.2, -0.15) is 0 Å². The molecule has 0 saturated heterocycles. The molecule has 1 aromatic rings. The molecule has 0 amide bonds. The number of aryl methyl sites for hydroxylation is 1. The highest BCUT2D eigenvalue weighted by molar-refractivity contribution is 5.23. The van der Waals surface area contributed by atoms with Crippen LogP contribution < -0.4 is 10.1 Å². The van der Waals surface area contributed by atoms with Gasteiger partial charge in [-0.1, -0.05) is 6.92 Å². The van der Waals surface area contributed by atoms with Gasteiger partial charge in [0.2, 0.25) is 0 Å². The van der Waals surface area contributed by atoms with Gasteiger partial charge in [0.05, 0.1) is 12.8 Å². The van der Waals surface area contributed by atoms with E-state index in [0.717, 1.165) is 38.2 Å². The molecule has 0 unspecified atom stereocenters. The zero-order valence-electron chi connectivity index (χ0n) is 9.62. The molecule has 0 atom stereocenters. The molecule has 0 aliphatic rings. The molecule has 0 aliphatic heterocycles. The second kappa shape index (κ2) is 7.23. The molecule has 15 heavy (non-hydrogen) atoms. The third-order valence-electron chi connectivity index (χ3n) is 2.13. The number of ether oxygens (including phenoxy) is 1. The maximum absolute atomic E-state index is 5.52. The maximum Gasteiger partial charge on any atom is 0.137 e. The molecule has 84 valence electrons. The summed E-state index contributed by atoms with van der Waals surface area (Å²) in [5.74, 6) is 0.888. The van der Waals surface area contributed by atoms with E-state index in [9.17, 15) is 0 Å². The Kier molecular flexibility index (Phi) is 5.78. The largest absolute Gasteiger partial charge is 0.492 e. The van der Waals surface area contributed by atoms with Crippen LogP contribution in [0.3, 0.4) is 0 Å². The summed E-state index contributed by atoms with van der Waals surface area (Å²) in [7, 11) is 1.97. The summed E-state index contributed by atoms with van der Waals surface area (Å²) in [6, 6.07) is 2.08. The Bertz CT molecular complexity index is 276. The predicted molar refractivity (Wildman–Crippen MR) is 62.3 cm³/mol. The van der Waals surface area contributed by atoms with E-state index in [-0.39, 0.29) is 0 Å². The van der Waals surface area contributed by atoms with Crippen molar-refractivity contribution in [1.82, 2.24) is 10.3 Å². The molecular weight excluding hydrogens is 188 g/mol. The topological polar surface area (TPSA) is 34.1 Å². The minimum atomic E-state index is 0.766. The van der Waals surface area contributed by atoms with Crippen LogP contribution in [0.5, 0.6) is 5.75 Å². The first-order chi connectivity index (χ1) is 7.36. The van der Waals surface area contributed by atoms with Crippen molar-refractivity contribution in [3.63, 3.8) is 0 Å². The Labute approximate surface area is 91.9 Å². The molecule has 0 spiro atoms. The van der Waals surface area contributed by atoms with Gasteiger partial charge < -0.3 is 10.1 Å². The van der Waals surface area contributed by atoms with E-state index in [2.05, 4.69) is 23.3 Å². The number of nitrogens with zero attached hydrogens (tertiary/aromatic N) is 1. The van der Waals surface area contributed by atoms with Crippen molar-refractivity contribution in [3.05, 3.63) is 24.0 Å². The number of hydrogen-bond acceptors (Lipinski definition) is 3. The number of aromatic nitrogens is 1. The van der Waals surface area contributed by atoms with Gasteiger partial charge in [-0.25, -0.2) is 0 Å². The fourth-order valence-electron chi connectivity index (χ4n) is 1.37. The Morgan fingerprint density at radius 3 is 3.00 bits per heavy atom. The van der Waals surface area contributed by atoms with Gasteiger partial charge in [0.15, 0.2) is 0 Å². The summed E-state index contributed by atoms with van der Waals surface area (Å²) in [6.07, 6.45) is 6.91. The first-order valence-corrected chi connectivity index (χ1v) is 5.58. The average Bonchev–Trinajstić information content (AvgIpc) is 2.27. The van der Waals surface area contributed by atoms with Crippen LogP contribution in [0.1, 0.15) is 25.3 Å². The lowest BCUT2D eigenvalue weighted by molar-refractivity contribution is 0.316. The molecule has 1 aromatic heterocycles. The van der Waals surface area contributed by atoms with Crippen LogP contribution in [0.2, 0.25) is 0 Å². The van der Waals surface area contributed by atoms with Crippen LogP contribution in [0.4, 0.5) is 0 Å². The maximum atomic E-state index is 5.52. The van der Waals surface area contributed by atoms with Gasteiger partial charge in [-0.3, -0.25) is 4.98 Å². The van der Waals surface area contributed by atoms with Crippen LogP contribution in [0.25, 0.3) is 0 Å². The van der Waals surface area contributed by atoms with Gasteiger partial charge in [-0.15, -0.1) is 0 Å². The van der Waals surface area contributed by atoms with Gasteiger partial charge in [-0.05, 0) is 44.5 Å². The Hall–Kier alpha value is -1.09. The number of hydrogen-bond donors (Lipinski definition) is 1. The van der Waals surface area contributed by atoms with E-state index >= 15 is 0 Å². The van der Waals surface area contributed by atoms with Crippen molar-refractivity contribution in [3.8, 4) is 5.75 Å². The smallest absolute Gasteiger partial charge is 0.137 e. The van der Waals surface area contributed by atoms with Crippen LogP contribution in [0.15, 0.2) is 18.5 Å². The van der Waals surface area contributed by atoms with Crippen molar-refractivity contribution >= 4 is 0 Å². The molecule has 0 radical (unpaired) electrons. The molecule has 1 heterocycles. The fraction of sp³-hybridized carbons (Fsp3) is 0.583. The van der Waals surface area contributed by atoms with E-state index in [1.807, 2.05) is 13.2 Å². The Morgan fingerprint density at radius 2 is 2.27 bits per heavy atom. The first-order valence-electron chi connectivity index (χ1n) is 5.58. The summed E-state index contributed by atoms with van der Waals surface area (Å²) < 4.78 is 5.52. The van der Waals surface area contributed by atoms with Crippen LogP contribution in [0, 0.1) is 0 Å². The molecule has 0 bridgehead atoms. The van der Waals surface area contributed by atoms with E-state index in [0.29, 0.717) is 0 Å². The van der Waals surface area contributed by atoms with E-state index in [1.165, 1.54) is 5.56 Å². The average molecular weight is 208 g/mol.